The van der Waals surface area contributed by atoms with Crippen molar-refractivity contribution in [1.29, 1.82) is 0 Å². The Morgan fingerprint density at radius 2 is 2.00 bits per heavy atom. The maximum Gasteiger partial charge on any atom is 0.407 e. The van der Waals surface area contributed by atoms with Gasteiger partial charge in [0.1, 0.15) is 11.4 Å². The van der Waals surface area contributed by atoms with E-state index in [1.165, 1.54) is 12.1 Å². The summed E-state index contributed by atoms with van der Waals surface area (Å²) in [7, 11) is 0. The molecular weight excluding hydrogens is 289 g/mol. The average molecular weight is 307 g/mol. The molecule has 0 atom stereocenters. The van der Waals surface area contributed by atoms with Crippen molar-refractivity contribution in [2.45, 2.75) is 32.8 Å². The second-order valence-electron chi connectivity index (χ2n) is 5.70. The molecule has 2 aromatic rings. The van der Waals surface area contributed by atoms with Crippen LogP contribution in [-0.4, -0.2) is 28.4 Å². The molecule has 0 unspecified atom stereocenters. The largest absolute Gasteiger partial charge is 0.444 e. The summed E-state index contributed by atoms with van der Waals surface area (Å²) in [5.41, 5.74) is 0.126. The van der Waals surface area contributed by atoms with E-state index in [1.807, 2.05) is 0 Å². The van der Waals surface area contributed by atoms with Gasteiger partial charge in [-0.3, -0.25) is 0 Å². The van der Waals surface area contributed by atoms with Crippen LogP contribution in [0.5, 0.6) is 0 Å². The van der Waals surface area contributed by atoms with E-state index < -0.39 is 11.7 Å². The summed E-state index contributed by atoms with van der Waals surface area (Å²) in [5.74, 6) is 0.441. The number of hydrogen-bond donors (Lipinski definition) is 1. The molecule has 0 bridgehead atoms. The van der Waals surface area contributed by atoms with Gasteiger partial charge in [-0.1, -0.05) is 5.16 Å². The molecular formula is C15H18FN3O3. The Morgan fingerprint density at radius 3 is 2.64 bits per heavy atom. The van der Waals surface area contributed by atoms with Crippen molar-refractivity contribution in [2.75, 3.05) is 6.54 Å². The monoisotopic (exact) mass is 307 g/mol. The highest BCUT2D eigenvalue weighted by atomic mass is 19.1. The minimum absolute atomic E-state index is 0.319. The van der Waals surface area contributed by atoms with E-state index in [-0.39, 0.29) is 5.82 Å². The van der Waals surface area contributed by atoms with Gasteiger partial charge in [0.05, 0.1) is 0 Å². The third kappa shape index (κ3) is 4.83. The standard InChI is InChI=1S/C15H18FN3O3/c1-15(2,3)21-14(20)17-9-8-12-18-13(19-22-12)10-4-6-11(16)7-5-10/h4-7H,8-9H2,1-3H3,(H,17,20). The quantitative estimate of drug-likeness (QED) is 0.939. The lowest BCUT2D eigenvalue weighted by molar-refractivity contribution is 0.0527. The van der Waals surface area contributed by atoms with Gasteiger partial charge in [0.15, 0.2) is 0 Å². The zero-order valence-electron chi connectivity index (χ0n) is 12.7. The molecule has 0 radical (unpaired) electrons. The lowest BCUT2D eigenvalue weighted by atomic mass is 10.2. The number of benzene rings is 1. The van der Waals surface area contributed by atoms with Gasteiger partial charge < -0.3 is 14.6 Å². The van der Waals surface area contributed by atoms with Crippen molar-refractivity contribution in [3.63, 3.8) is 0 Å². The summed E-state index contributed by atoms with van der Waals surface area (Å²) in [5, 5.41) is 6.43. The van der Waals surface area contributed by atoms with Crippen LogP contribution >= 0.6 is 0 Å². The van der Waals surface area contributed by atoms with Crippen molar-refractivity contribution in [1.82, 2.24) is 15.5 Å². The molecule has 0 saturated carbocycles. The SMILES string of the molecule is CC(C)(C)OC(=O)NCCc1nc(-c2ccc(F)cc2)no1. The molecule has 22 heavy (non-hydrogen) atoms. The second kappa shape index (κ2) is 6.55. The van der Waals surface area contributed by atoms with Crippen molar-refractivity contribution in [3.8, 4) is 11.4 Å². The molecule has 0 aliphatic heterocycles. The van der Waals surface area contributed by atoms with E-state index in [0.717, 1.165) is 0 Å². The van der Waals surface area contributed by atoms with E-state index in [4.69, 9.17) is 9.26 Å². The van der Waals surface area contributed by atoms with Crippen LogP contribution in [-0.2, 0) is 11.2 Å². The first kappa shape index (κ1) is 15.9. The summed E-state index contributed by atoms with van der Waals surface area (Å²) < 4.78 is 23.0. The van der Waals surface area contributed by atoms with E-state index in [0.29, 0.717) is 30.2 Å². The molecule has 118 valence electrons. The maximum absolute atomic E-state index is 12.9. The maximum atomic E-state index is 12.9. The number of hydrogen-bond acceptors (Lipinski definition) is 5. The van der Waals surface area contributed by atoms with Crippen molar-refractivity contribution >= 4 is 6.09 Å². The molecule has 1 N–H and O–H groups in total. The molecule has 0 aliphatic carbocycles. The number of amides is 1. The number of halogens is 1. The number of rotatable bonds is 4. The fraction of sp³-hybridized carbons (Fsp3) is 0.400. The van der Waals surface area contributed by atoms with E-state index in [2.05, 4.69) is 15.5 Å². The summed E-state index contributed by atoms with van der Waals surface area (Å²) in [4.78, 5) is 15.7. The number of aromatic nitrogens is 2. The first-order valence-electron chi connectivity index (χ1n) is 6.89. The highest BCUT2D eigenvalue weighted by Gasteiger charge is 2.16. The van der Waals surface area contributed by atoms with Gasteiger partial charge >= 0.3 is 6.09 Å². The van der Waals surface area contributed by atoms with Gasteiger partial charge in [-0.05, 0) is 45.0 Å². The van der Waals surface area contributed by atoms with Gasteiger partial charge in [0.2, 0.25) is 11.7 Å². The van der Waals surface area contributed by atoms with Crippen molar-refractivity contribution in [2.24, 2.45) is 0 Å². The first-order valence-corrected chi connectivity index (χ1v) is 6.89. The summed E-state index contributed by atoms with van der Waals surface area (Å²) in [6.45, 7) is 5.69. The van der Waals surface area contributed by atoms with Crippen molar-refractivity contribution < 1.29 is 18.4 Å². The van der Waals surface area contributed by atoms with Crippen LogP contribution in [0, 0.1) is 5.82 Å². The summed E-state index contributed by atoms with van der Waals surface area (Å²) in [6.07, 6.45) is -0.112. The predicted molar refractivity (Wildman–Crippen MR) is 77.6 cm³/mol. The minimum Gasteiger partial charge on any atom is -0.444 e. The van der Waals surface area contributed by atoms with Crippen LogP contribution in [0.1, 0.15) is 26.7 Å². The smallest absolute Gasteiger partial charge is 0.407 e. The molecule has 6 nitrogen and oxygen atoms in total. The van der Waals surface area contributed by atoms with Crippen LogP contribution in [0.4, 0.5) is 9.18 Å². The second-order valence-corrected chi connectivity index (χ2v) is 5.70. The Labute approximate surface area is 127 Å². The van der Waals surface area contributed by atoms with E-state index >= 15 is 0 Å². The number of nitrogens with one attached hydrogen (secondary N) is 1. The molecule has 1 heterocycles. The molecule has 1 aromatic heterocycles. The Morgan fingerprint density at radius 1 is 1.32 bits per heavy atom. The topological polar surface area (TPSA) is 77.2 Å². The molecule has 1 aromatic carbocycles. The number of ether oxygens (including phenoxy) is 1. The number of carbonyl (C=O) groups is 1. The number of alkyl carbamates (subject to hydrolysis) is 1. The zero-order valence-corrected chi connectivity index (χ0v) is 12.7. The predicted octanol–water partition coefficient (Wildman–Crippen LogP) is 2.94. The molecule has 0 fully saturated rings. The Hall–Kier alpha value is -2.44. The Bertz CT molecular complexity index is 632. The Kier molecular flexibility index (Phi) is 4.75. The normalized spacial score (nSPS) is 11.3. The van der Waals surface area contributed by atoms with Crippen molar-refractivity contribution in [3.05, 3.63) is 36.0 Å². The third-order valence-electron chi connectivity index (χ3n) is 2.58. The fourth-order valence-corrected chi connectivity index (χ4v) is 1.66. The average Bonchev–Trinajstić information content (AvgIpc) is 2.86. The number of nitrogens with zero attached hydrogens (tertiary/aromatic N) is 2. The van der Waals surface area contributed by atoms with Gasteiger partial charge in [-0.15, -0.1) is 0 Å². The third-order valence-corrected chi connectivity index (χ3v) is 2.58. The van der Waals surface area contributed by atoms with Gasteiger partial charge in [0, 0.05) is 18.5 Å². The molecule has 0 saturated heterocycles. The molecule has 7 heteroatoms. The fourth-order valence-electron chi connectivity index (χ4n) is 1.66. The molecule has 0 aliphatic rings. The van der Waals surface area contributed by atoms with Crippen LogP contribution in [0.25, 0.3) is 11.4 Å². The highest BCUT2D eigenvalue weighted by Crippen LogP contribution is 2.16. The molecule has 2 rings (SSSR count). The number of carbonyl (C=O) groups excluding carboxylic acids is 1. The molecule has 1 amide bonds. The van der Waals surface area contributed by atoms with E-state index in [9.17, 15) is 9.18 Å². The van der Waals surface area contributed by atoms with Crippen LogP contribution < -0.4 is 5.32 Å². The van der Waals surface area contributed by atoms with Gasteiger partial charge in [-0.25, -0.2) is 9.18 Å². The van der Waals surface area contributed by atoms with E-state index in [1.54, 1.807) is 32.9 Å². The van der Waals surface area contributed by atoms with Crippen LogP contribution in [0.3, 0.4) is 0 Å². The lowest BCUT2D eigenvalue weighted by Crippen LogP contribution is -2.33. The first-order chi connectivity index (χ1) is 10.3. The Balaban J connectivity index is 1.85. The zero-order chi connectivity index (χ0) is 16.2. The highest BCUT2D eigenvalue weighted by molar-refractivity contribution is 5.67. The molecule has 0 spiro atoms. The van der Waals surface area contributed by atoms with Gasteiger partial charge in [-0.2, -0.15) is 4.98 Å². The summed E-state index contributed by atoms with van der Waals surface area (Å²) in [6, 6.07) is 5.80. The minimum atomic E-state index is -0.537. The van der Waals surface area contributed by atoms with Crippen LogP contribution in [0.15, 0.2) is 28.8 Å². The lowest BCUT2D eigenvalue weighted by Gasteiger charge is -2.19. The van der Waals surface area contributed by atoms with Crippen LogP contribution in [0.2, 0.25) is 0 Å². The summed E-state index contributed by atoms with van der Waals surface area (Å²) >= 11 is 0. The van der Waals surface area contributed by atoms with Gasteiger partial charge in [0.25, 0.3) is 0 Å².